The van der Waals surface area contributed by atoms with E-state index in [0.717, 1.165) is 0 Å². The number of hydrogen-bond acceptors (Lipinski definition) is 3. The quantitative estimate of drug-likeness (QED) is 0.855. The van der Waals surface area contributed by atoms with Crippen molar-refractivity contribution in [1.82, 2.24) is 10.2 Å². The summed E-state index contributed by atoms with van der Waals surface area (Å²) in [5.41, 5.74) is 0.470. The smallest absolute Gasteiger partial charge is 0.0308 e. The highest BCUT2D eigenvalue weighted by Crippen LogP contribution is 2.44. The van der Waals surface area contributed by atoms with Gasteiger partial charge in [-0.2, -0.15) is 11.8 Å². The van der Waals surface area contributed by atoms with Crippen molar-refractivity contribution in [3.05, 3.63) is 0 Å². The van der Waals surface area contributed by atoms with Gasteiger partial charge in [-0.05, 0) is 51.4 Å². The molecule has 0 aromatic carbocycles. The summed E-state index contributed by atoms with van der Waals surface area (Å²) in [5.74, 6) is 0. The maximum Gasteiger partial charge on any atom is 0.0308 e. The van der Waals surface area contributed by atoms with E-state index in [1.165, 1.54) is 84.0 Å². The van der Waals surface area contributed by atoms with E-state index in [9.17, 15) is 0 Å². The molecule has 2 aliphatic carbocycles. The molecular formula is C16H30N2S. The summed E-state index contributed by atoms with van der Waals surface area (Å²) in [6, 6.07) is 0. The Balaban J connectivity index is 1.64. The fourth-order valence-corrected chi connectivity index (χ4v) is 5.33. The minimum atomic E-state index is 0.470. The van der Waals surface area contributed by atoms with Gasteiger partial charge in [-0.15, -0.1) is 0 Å². The first kappa shape index (κ1) is 14.2. The van der Waals surface area contributed by atoms with Crippen LogP contribution in [0.4, 0.5) is 0 Å². The van der Waals surface area contributed by atoms with Crippen LogP contribution >= 0.6 is 11.8 Å². The van der Waals surface area contributed by atoms with Crippen molar-refractivity contribution < 1.29 is 0 Å². The first-order valence-electron chi connectivity index (χ1n) is 8.29. The predicted octanol–water partition coefficient (Wildman–Crippen LogP) is 3.27. The van der Waals surface area contributed by atoms with Crippen LogP contribution < -0.4 is 5.32 Å². The van der Waals surface area contributed by atoms with Gasteiger partial charge in [-0.3, -0.25) is 0 Å². The fraction of sp³-hybridized carbons (Fsp3) is 1.00. The Bertz CT molecular complexity index is 290. The zero-order valence-corrected chi connectivity index (χ0v) is 13.4. The highest BCUT2D eigenvalue weighted by Gasteiger charge is 2.41. The Hall–Kier alpha value is 0.270. The fourth-order valence-electron chi connectivity index (χ4n) is 4.32. The molecular weight excluding hydrogens is 252 g/mol. The zero-order chi connectivity index (χ0) is 13.2. The standard InChI is InChI=1S/C16H30N2S/c1-19-16(9-5-10-16)14-18-12-6-11-17-15(13-18)7-3-2-4-8-15/h17H,2-14H2,1H3. The first-order valence-corrected chi connectivity index (χ1v) is 9.51. The van der Waals surface area contributed by atoms with Crippen molar-refractivity contribution in [2.75, 3.05) is 32.4 Å². The van der Waals surface area contributed by atoms with Crippen molar-refractivity contribution >= 4 is 11.8 Å². The third-order valence-corrected chi connectivity index (χ3v) is 7.10. The summed E-state index contributed by atoms with van der Waals surface area (Å²) in [4.78, 5) is 2.81. The van der Waals surface area contributed by atoms with Gasteiger partial charge < -0.3 is 10.2 Å². The van der Waals surface area contributed by atoms with Crippen molar-refractivity contribution in [3.8, 4) is 0 Å². The number of hydrogen-bond donors (Lipinski definition) is 1. The maximum atomic E-state index is 3.92. The molecule has 1 N–H and O–H groups in total. The lowest BCUT2D eigenvalue weighted by Gasteiger charge is -2.46. The molecule has 0 aromatic rings. The highest BCUT2D eigenvalue weighted by molar-refractivity contribution is 8.00. The molecule has 0 bridgehead atoms. The molecule has 2 saturated carbocycles. The SMILES string of the molecule is CSC1(CN2CCCNC3(CCCCC3)C2)CCC1. The zero-order valence-electron chi connectivity index (χ0n) is 12.5. The van der Waals surface area contributed by atoms with E-state index >= 15 is 0 Å². The van der Waals surface area contributed by atoms with Gasteiger partial charge in [-0.25, -0.2) is 0 Å². The molecule has 0 radical (unpaired) electrons. The van der Waals surface area contributed by atoms with Gasteiger partial charge in [0.25, 0.3) is 0 Å². The van der Waals surface area contributed by atoms with Crippen LogP contribution in [0.25, 0.3) is 0 Å². The average molecular weight is 282 g/mol. The van der Waals surface area contributed by atoms with E-state index in [0.29, 0.717) is 10.3 Å². The Morgan fingerprint density at radius 2 is 1.79 bits per heavy atom. The van der Waals surface area contributed by atoms with Crippen LogP contribution in [0, 0.1) is 0 Å². The largest absolute Gasteiger partial charge is 0.310 e. The summed E-state index contributed by atoms with van der Waals surface area (Å²) in [6.07, 6.45) is 15.2. The first-order chi connectivity index (χ1) is 9.26. The van der Waals surface area contributed by atoms with E-state index in [2.05, 4.69) is 28.2 Å². The minimum Gasteiger partial charge on any atom is -0.310 e. The van der Waals surface area contributed by atoms with E-state index in [1.54, 1.807) is 0 Å². The van der Waals surface area contributed by atoms with E-state index < -0.39 is 0 Å². The summed E-state index contributed by atoms with van der Waals surface area (Å²) in [5, 5.41) is 3.92. The second-order valence-corrected chi connectivity index (χ2v) is 8.35. The number of nitrogens with zero attached hydrogens (tertiary/aromatic N) is 1. The molecule has 0 unspecified atom stereocenters. The van der Waals surface area contributed by atoms with Gasteiger partial charge in [0.1, 0.15) is 0 Å². The monoisotopic (exact) mass is 282 g/mol. The summed E-state index contributed by atoms with van der Waals surface area (Å²) in [7, 11) is 0. The highest BCUT2D eigenvalue weighted by atomic mass is 32.2. The van der Waals surface area contributed by atoms with E-state index in [-0.39, 0.29) is 0 Å². The van der Waals surface area contributed by atoms with Crippen molar-refractivity contribution in [2.24, 2.45) is 0 Å². The van der Waals surface area contributed by atoms with Gasteiger partial charge in [0.05, 0.1) is 0 Å². The molecule has 3 rings (SSSR count). The molecule has 0 aromatic heterocycles. The second kappa shape index (κ2) is 5.95. The van der Waals surface area contributed by atoms with Crippen molar-refractivity contribution in [1.29, 1.82) is 0 Å². The Morgan fingerprint density at radius 1 is 1.00 bits per heavy atom. The third-order valence-electron chi connectivity index (χ3n) is 5.70. The lowest BCUT2D eigenvalue weighted by Crippen LogP contribution is -2.55. The molecule has 1 heterocycles. The van der Waals surface area contributed by atoms with Gasteiger partial charge in [0.2, 0.25) is 0 Å². The predicted molar refractivity (Wildman–Crippen MR) is 85.0 cm³/mol. The normalized spacial score (nSPS) is 30.8. The molecule has 19 heavy (non-hydrogen) atoms. The Morgan fingerprint density at radius 3 is 2.42 bits per heavy atom. The Labute approximate surface area is 123 Å². The maximum absolute atomic E-state index is 3.92. The van der Waals surface area contributed by atoms with Crippen LogP contribution in [0.3, 0.4) is 0 Å². The second-order valence-electron chi connectivity index (χ2n) is 7.07. The average Bonchev–Trinajstić information content (AvgIpc) is 2.57. The van der Waals surface area contributed by atoms with E-state index in [4.69, 9.17) is 0 Å². The molecule has 0 atom stereocenters. The van der Waals surface area contributed by atoms with Gasteiger partial charge in [0, 0.05) is 23.4 Å². The lowest BCUT2D eigenvalue weighted by atomic mass is 9.80. The van der Waals surface area contributed by atoms with Gasteiger partial charge in [0.15, 0.2) is 0 Å². The molecule has 3 aliphatic rings. The number of nitrogens with one attached hydrogen (secondary N) is 1. The van der Waals surface area contributed by atoms with Gasteiger partial charge in [-0.1, -0.05) is 25.7 Å². The molecule has 1 saturated heterocycles. The molecule has 0 amide bonds. The summed E-state index contributed by atoms with van der Waals surface area (Å²) < 4.78 is 0.611. The van der Waals surface area contributed by atoms with Crippen LogP contribution in [-0.4, -0.2) is 47.6 Å². The van der Waals surface area contributed by atoms with Crippen LogP contribution in [0.2, 0.25) is 0 Å². The number of rotatable bonds is 3. The minimum absolute atomic E-state index is 0.470. The molecule has 1 spiro atoms. The molecule has 110 valence electrons. The number of thioether (sulfide) groups is 1. The van der Waals surface area contributed by atoms with Crippen molar-refractivity contribution in [3.63, 3.8) is 0 Å². The van der Waals surface area contributed by atoms with Crippen LogP contribution in [-0.2, 0) is 0 Å². The summed E-state index contributed by atoms with van der Waals surface area (Å²) >= 11 is 2.13. The van der Waals surface area contributed by atoms with Crippen LogP contribution in [0.5, 0.6) is 0 Å². The van der Waals surface area contributed by atoms with Crippen LogP contribution in [0.1, 0.15) is 57.8 Å². The van der Waals surface area contributed by atoms with Gasteiger partial charge >= 0.3 is 0 Å². The molecule has 1 aliphatic heterocycles. The molecule has 3 heteroatoms. The van der Waals surface area contributed by atoms with Crippen molar-refractivity contribution in [2.45, 2.75) is 68.1 Å². The third kappa shape index (κ3) is 3.14. The summed E-state index contributed by atoms with van der Waals surface area (Å²) in [6.45, 7) is 5.22. The van der Waals surface area contributed by atoms with E-state index in [1.807, 2.05) is 0 Å². The topological polar surface area (TPSA) is 15.3 Å². The van der Waals surface area contributed by atoms with Crippen LogP contribution in [0.15, 0.2) is 0 Å². The molecule has 3 fully saturated rings. The Kier molecular flexibility index (Phi) is 4.45. The molecule has 2 nitrogen and oxygen atoms in total. The lowest BCUT2D eigenvalue weighted by molar-refractivity contribution is 0.139.